The molecule has 1 aromatic rings. The summed E-state index contributed by atoms with van der Waals surface area (Å²) >= 11 is 5.81. The predicted molar refractivity (Wildman–Crippen MR) is 71.9 cm³/mol. The summed E-state index contributed by atoms with van der Waals surface area (Å²) in [6, 6.07) is 7.56. The lowest BCUT2D eigenvalue weighted by atomic mass is 10.3. The van der Waals surface area contributed by atoms with E-state index in [4.69, 9.17) is 16.3 Å². The van der Waals surface area contributed by atoms with Gasteiger partial charge in [0.2, 0.25) is 0 Å². The van der Waals surface area contributed by atoms with Crippen molar-refractivity contribution in [3.63, 3.8) is 0 Å². The van der Waals surface area contributed by atoms with Crippen LogP contribution in [0.3, 0.4) is 0 Å². The zero-order valence-corrected chi connectivity index (χ0v) is 11.0. The van der Waals surface area contributed by atoms with Gasteiger partial charge in [0.05, 0.1) is 6.61 Å². The third kappa shape index (κ3) is 4.57. The molecule has 0 spiro atoms. The molecule has 0 aromatic heterocycles. The molecule has 0 unspecified atom stereocenters. The summed E-state index contributed by atoms with van der Waals surface area (Å²) in [6.07, 6.45) is 5.11. The Bertz CT molecular complexity index is 319. The first-order valence-corrected chi connectivity index (χ1v) is 6.83. The fourth-order valence-corrected chi connectivity index (χ4v) is 2.29. The van der Waals surface area contributed by atoms with Gasteiger partial charge in [-0.2, -0.15) is 0 Å². The van der Waals surface area contributed by atoms with E-state index < -0.39 is 0 Å². The van der Waals surface area contributed by atoms with Crippen LogP contribution in [-0.4, -0.2) is 31.1 Å². The highest BCUT2D eigenvalue weighted by Gasteiger charge is 2.09. The molecule has 0 saturated carbocycles. The third-order valence-corrected chi connectivity index (χ3v) is 3.40. The minimum absolute atomic E-state index is 0.756. The molecule has 0 atom stereocenters. The van der Waals surface area contributed by atoms with E-state index in [1.165, 1.54) is 38.9 Å². The van der Waals surface area contributed by atoms with Crippen molar-refractivity contribution in [1.29, 1.82) is 0 Å². The fraction of sp³-hybridized carbons (Fsp3) is 0.571. The van der Waals surface area contributed by atoms with Crippen molar-refractivity contribution in [1.82, 2.24) is 4.90 Å². The Kier molecular flexibility index (Phi) is 5.14. The van der Waals surface area contributed by atoms with Crippen LogP contribution in [0.15, 0.2) is 24.3 Å². The van der Waals surface area contributed by atoms with Crippen LogP contribution >= 0.6 is 11.6 Å². The van der Waals surface area contributed by atoms with Crippen molar-refractivity contribution in [3.05, 3.63) is 29.3 Å². The smallest absolute Gasteiger partial charge is 0.119 e. The number of nitrogens with zero attached hydrogens (tertiary/aromatic N) is 1. The maximum Gasteiger partial charge on any atom is 0.119 e. The third-order valence-electron chi connectivity index (χ3n) is 3.15. The molecule has 0 radical (unpaired) electrons. The van der Waals surface area contributed by atoms with Crippen LogP contribution in [0.5, 0.6) is 5.75 Å². The number of hydrogen-bond donors (Lipinski definition) is 0. The van der Waals surface area contributed by atoms with E-state index in [1.807, 2.05) is 24.3 Å². The zero-order chi connectivity index (χ0) is 11.9. The van der Waals surface area contributed by atoms with E-state index >= 15 is 0 Å². The number of hydrogen-bond acceptors (Lipinski definition) is 2. The summed E-state index contributed by atoms with van der Waals surface area (Å²) in [5, 5.41) is 0.756. The van der Waals surface area contributed by atoms with Gasteiger partial charge in [-0.3, -0.25) is 0 Å². The van der Waals surface area contributed by atoms with E-state index in [0.717, 1.165) is 23.8 Å². The van der Waals surface area contributed by atoms with Gasteiger partial charge in [0.1, 0.15) is 5.75 Å². The highest BCUT2D eigenvalue weighted by molar-refractivity contribution is 6.30. The Morgan fingerprint density at radius 2 is 1.76 bits per heavy atom. The molecule has 0 N–H and O–H groups in total. The Hall–Kier alpha value is -0.730. The first-order valence-electron chi connectivity index (χ1n) is 6.45. The molecule has 2 nitrogen and oxygen atoms in total. The van der Waals surface area contributed by atoms with Gasteiger partial charge in [-0.1, -0.05) is 11.6 Å². The topological polar surface area (TPSA) is 12.5 Å². The van der Waals surface area contributed by atoms with Gasteiger partial charge in [-0.15, -0.1) is 0 Å². The van der Waals surface area contributed by atoms with Gasteiger partial charge in [-0.05, 0) is 69.6 Å². The summed E-state index contributed by atoms with van der Waals surface area (Å²) in [7, 11) is 0. The fourth-order valence-electron chi connectivity index (χ4n) is 2.16. The summed E-state index contributed by atoms with van der Waals surface area (Å²) < 4.78 is 5.65. The lowest BCUT2D eigenvalue weighted by Crippen LogP contribution is -2.20. The quantitative estimate of drug-likeness (QED) is 0.719. The van der Waals surface area contributed by atoms with Crippen molar-refractivity contribution < 1.29 is 4.74 Å². The predicted octanol–water partition coefficient (Wildman–Crippen LogP) is 3.59. The molecule has 0 aliphatic carbocycles. The van der Waals surface area contributed by atoms with Crippen molar-refractivity contribution in [2.45, 2.75) is 25.7 Å². The van der Waals surface area contributed by atoms with Crippen molar-refractivity contribution >= 4 is 11.6 Å². The summed E-state index contributed by atoms with van der Waals surface area (Å²) in [6.45, 7) is 4.61. The Morgan fingerprint density at radius 3 is 2.47 bits per heavy atom. The molecular weight excluding hydrogens is 234 g/mol. The lowest BCUT2D eigenvalue weighted by Gasteiger charge is -2.14. The van der Waals surface area contributed by atoms with Crippen LogP contribution in [0.25, 0.3) is 0 Å². The molecule has 17 heavy (non-hydrogen) atoms. The monoisotopic (exact) mass is 253 g/mol. The second kappa shape index (κ2) is 6.87. The normalized spacial score (nSPS) is 16.3. The number of unbranched alkanes of at least 4 members (excludes halogenated alkanes) is 1. The minimum atomic E-state index is 0.756. The maximum atomic E-state index is 5.81. The maximum absolute atomic E-state index is 5.81. The van der Waals surface area contributed by atoms with E-state index in [2.05, 4.69) is 4.90 Å². The first-order chi connectivity index (χ1) is 8.34. The first kappa shape index (κ1) is 12.7. The van der Waals surface area contributed by atoms with E-state index in [1.54, 1.807) is 0 Å². The molecule has 1 fully saturated rings. The van der Waals surface area contributed by atoms with E-state index in [0.29, 0.717) is 0 Å². The summed E-state index contributed by atoms with van der Waals surface area (Å²) in [5.41, 5.74) is 0. The number of likely N-dealkylation sites (tertiary alicyclic amines) is 1. The van der Waals surface area contributed by atoms with Crippen molar-refractivity contribution in [2.75, 3.05) is 26.2 Å². The van der Waals surface area contributed by atoms with Gasteiger partial charge < -0.3 is 9.64 Å². The molecule has 2 rings (SSSR count). The molecule has 1 aliphatic rings. The van der Waals surface area contributed by atoms with Crippen molar-refractivity contribution in [3.8, 4) is 5.75 Å². The number of benzene rings is 1. The largest absolute Gasteiger partial charge is 0.494 e. The Balaban J connectivity index is 1.55. The highest BCUT2D eigenvalue weighted by Crippen LogP contribution is 2.16. The van der Waals surface area contributed by atoms with Crippen LogP contribution in [0.2, 0.25) is 5.02 Å². The van der Waals surface area contributed by atoms with Gasteiger partial charge in [0, 0.05) is 5.02 Å². The SMILES string of the molecule is Clc1ccc(OCCCCN2CCCC2)cc1. The van der Waals surface area contributed by atoms with Gasteiger partial charge in [-0.25, -0.2) is 0 Å². The lowest BCUT2D eigenvalue weighted by molar-refractivity contribution is 0.280. The van der Waals surface area contributed by atoms with E-state index in [9.17, 15) is 0 Å². The van der Waals surface area contributed by atoms with Gasteiger partial charge in [0.25, 0.3) is 0 Å². The molecule has 0 amide bonds. The summed E-state index contributed by atoms with van der Waals surface area (Å²) in [5.74, 6) is 0.913. The molecule has 94 valence electrons. The van der Waals surface area contributed by atoms with Crippen LogP contribution in [-0.2, 0) is 0 Å². The number of halogens is 1. The molecule has 3 heteroatoms. The van der Waals surface area contributed by atoms with Crippen molar-refractivity contribution in [2.24, 2.45) is 0 Å². The molecule has 1 saturated heterocycles. The second-order valence-corrected chi connectivity index (χ2v) is 4.99. The molecular formula is C14H20ClNO. The molecule has 1 aromatic carbocycles. The minimum Gasteiger partial charge on any atom is -0.494 e. The van der Waals surface area contributed by atoms with Gasteiger partial charge in [0.15, 0.2) is 0 Å². The van der Waals surface area contributed by atoms with Gasteiger partial charge >= 0.3 is 0 Å². The zero-order valence-electron chi connectivity index (χ0n) is 10.2. The average molecular weight is 254 g/mol. The van der Waals surface area contributed by atoms with Crippen LogP contribution in [0.4, 0.5) is 0 Å². The Labute approximate surface area is 109 Å². The second-order valence-electron chi connectivity index (χ2n) is 4.56. The highest BCUT2D eigenvalue weighted by atomic mass is 35.5. The summed E-state index contributed by atoms with van der Waals surface area (Å²) in [4.78, 5) is 2.54. The van der Waals surface area contributed by atoms with E-state index in [-0.39, 0.29) is 0 Å². The molecule has 1 aliphatic heterocycles. The average Bonchev–Trinajstić information content (AvgIpc) is 2.84. The molecule has 0 bridgehead atoms. The number of ether oxygens (including phenoxy) is 1. The molecule has 1 heterocycles. The number of rotatable bonds is 6. The van der Waals surface area contributed by atoms with Crippen LogP contribution < -0.4 is 4.74 Å². The van der Waals surface area contributed by atoms with Crippen LogP contribution in [0, 0.1) is 0 Å². The standard InChI is InChI=1S/C14H20ClNO/c15-13-5-7-14(8-6-13)17-12-4-3-11-16-9-1-2-10-16/h5-8H,1-4,9-12H2. The van der Waals surface area contributed by atoms with Crippen LogP contribution in [0.1, 0.15) is 25.7 Å². The Morgan fingerprint density at radius 1 is 1.06 bits per heavy atom.